The highest BCUT2D eigenvalue weighted by molar-refractivity contribution is 6.32. The maximum atomic E-state index is 14.2. The van der Waals surface area contributed by atoms with E-state index in [1.807, 2.05) is 40.8 Å². The molecular weight excluding hydrogens is 526 g/mol. The molecule has 6 rings (SSSR count). The van der Waals surface area contributed by atoms with Crippen LogP contribution in [0.15, 0.2) is 71.5 Å². The van der Waals surface area contributed by atoms with Crippen molar-refractivity contribution in [2.45, 2.75) is 19.9 Å². The van der Waals surface area contributed by atoms with Crippen LogP contribution in [0.1, 0.15) is 23.0 Å². The first kappa shape index (κ1) is 26.0. The molecule has 9 heteroatoms. The number of rotatable bonds is 4. The molecule has 2 aromatic heterocycles. The predicted octanol–water partition coefficient (Wildman–Crippen LogP) is 5.20. The molecule has 40 heavy (non-hydrogen) atoms. The van der Waals surface area contributed by atoms with Crippen molar-refractivity contribution in [3.63, 3.8) is 0 Å². The molecular formula is C31H30ClN5O3. The maximum absolute atomic E-state index is 14.2. The van der Waals surface area contributed by atoms with Crippen LogP contribution in [0.5, 0.6) is 5.75 Å². The average Bonchev–Trinajstić information content (AvgIpc) is 3.26. The summed E-state index contributed by atoms with van der Waals surface area (Å²) >= 11 is 6.41. The number of methoxy groups -OCH3 is 1. The second-order valence-electron chi connectivity index (χ2n) is 10.3. The minimum atomic E-state index is -0.330. The van der Waals surface area contributed by atoms with Gasteiger partial charge in [0.05, 0.1) is 17.8 Å². The number of hydrogen-bond donors (Lipinski definition) is 0. The summed E-state index contributed by atoms with van der Waals surface area (Å²) in [6.07, 6.45) is 0. The van der Waals surface area contributed by atoms with Gasteiger partial charge in [-0.25, -0.2) is 0 Å². The van der Waals surface area contributed by atoms with Crippen molar-refractivity contribution in [1.29, 1.82) is 0 Å². The Morgan fingerprint density at radius 3 is 2.55 bits per heavy atom. The number of benzene rings is 3. The highest BCUT2D eigenvalue weighted by atomic mass is 35.5. The van der Waals surface area contributed by atoms with Gasteiger partial charge in [-0.3, -0.25) is 9.59 Å². The van der Waals surface area contributed by atoms with Crippen molar-refractivity contribution >= 4 is 45.0 Å². The van der Waals surface area contributed by atoms with Crippen LogP contribution in [0.4, 0.5) is 5.69 Å². The summed E-state index contributed by atoms with van der Waals surface area (Å²) in [5, 5.41) is 6.44. The molecule has 204 valence electrons. The van der Waals surface area contributed by atoms with Gasteiger partial charge in [0, 0.05) is 54.7 Å². The molecule has 1 aliphatic rings. The fourth-order valence-electron chi connectivity index (χ4n) is 5.77. The Balaban J connectivity index is 1.48. The van der Waals surface area contributed by atoms with Gasteiger partial charge in [0.25, 0.3) is 11.5 Å². The van der Waals surface area contributed by atoms with Gasteiger partial charge in [-0.2, -0.15) is 9.78 Å². The number of anilines is 1. The summed E-state index contributed by atoms with van der Waals surface area (Å²) in [4.78, 5) is 32.3. The minimum Gasteiger partial charge on any atom is -0.495 e. The third-order valence-electron chi connectivity index (χ3n) is 7.77. The lowest BCUT2D eigenvalue weighted by Crippen LogP contribution is -2.54. The molecule has 1 fully saturated rings. The van der Waals surface area contributed by atoms with Gasteiger partial charge in [-0.1, -0.05) is 41.9 Å². The largest absolute Gasteiger partial charge is 0.495 e. The van der Waals surface area contributed by atoms with Crippen molar-refractivity contribution in [2.75, 3.05) is 31.6 Å². The molecule has 8 nitrogen and oxygen atoms in total. The van der Waals surface area contributed by atoms with E-state index in [4.69, 9.17) is 21.4 Å². The van der Waals surface area contributed by atoms with Crippen LogP contribution in [0, 0.1) is 6.92 Å². The van der Waals surface area contributed by atoms with E-state index in [2.05, 4.69) is 43.0 Å². The van der Waals surface area contributed by atoms with E-state index in [-0.39, 0.29) is 23.2 Å². The number of para-hydroxylation sites is 1. The lowest BCUT2D eigenvalue weighted by atomic mass is 10.1. The van der Waals surface area contributed by atoms with Crippen LogP contribution in [0.3, 0.4) is 0 Å². The van der Waals surface area contributed by atoms with E-state index in [0.717, 1.165) is 16.6 Å². The van der Waals surface area contributed by atoms with E-state index in [9.17, 15) is 9.59 Å². The first-order valence-electron chi connectivity index (χ1n) is 13.3. The standard InChI is InChI=1S/C31H30ClN5O3/c1-19-8-7-9-21(16-19)36-15-14-35(18-20(36)2)30(38)28-27-23-10-5-6-11-25(23)34(3)29(27)31(39)37(33-28)22-12-13-26(40-4)24(32)17-22/h5-13,16-17,20H,14-15,18H2,1-4H3/t20-/m0/s1. The Bertz CT molecular complexity index is 1840. The monoisotopic (exact) mass is 555 g/mol. The molecule has 0 unspecified atom stereocenters. The number of amides is 1. The molecule has 3 aromatic carbocycles. The number of carbonyl (C=O) groups is 1. The van der Waals surface area contributed by atoms with Crippen molar-refractivity contribution in [3.05, 3.63) is 93.4 Å². The molecule has 1 saturated heterocycles. The lowest BCUT2D eigenvalue weighted by Gasteiger charge is -2.41. The zero-order valence-electron chi connectivity index (χ0n) is 22.9. The van der Waals surface area contributed by atoms with Crippen LogP contribution in [-0.4, -0.2) is 57.9 Å². The molecule has 0 radical (unpaired) electrons. The second-order valence-corrected chi connectivity index (χ2v) is 10.7. The number of hydrogen-bond acceptors (Lipinski definition) is 5. The van der Waals surface area contributed by atoms with Crippen LogP contribution < -0.4 is 15.2 Å². The van der Waals surface area contributed by atoms with E-state index < -0.39 is 0 Å². The van der Waals surface area contributed by atoms with Gasteiger partial charge >= 0.3 is 0 Å². The van der Waals surface area contributed by atoms with Crippen molar-refractivity contribution in [2.24, 2.45) is 7.05 Å². The normalized spacial score (nSPS) is 15.7. The molecule has 5 aromatic rings. The van der Waals surface area contributed by atoms with Crippen LogP contribution >= 0.6 is 11.6 Å². The van der Waals surface area contributed by atoms with Gasteiger partial charge < -0.3 is 19.1 Å². The first-order chi connectivity index (χ1) is 19.3. The number of fused-ring (bicyclic) bond motifs is 3. The maximum Gasteiger partial charge on any atom is 0.296 e. The molecule has 1 atom stereocenters. The van der Waals surface area contributed by atoms with Crippen molar-refractivity contribution in [3.8, 4) is 11.4 Å². The number of halogens is 1. The zero-order chi connectivity index (χ0) is 28.1. The summed E-state index contributed by atoms with van der Waals surface area (Å²) < 4.78 is 8.39. The highest BCUT2D eigenvalue weighted by Gasteiger charge is 2.31. The summed E-state index contributed by atoms with van der Waals surface area (Å²) in [5.74, 6) is 0.284. The summed E-state index contributed by atoms with van der Waals surface area (Å²) in [7, 11) is 3.37. The minimum absolute atomic E-state index is 0.105. The fraction of sp³-hybridized carbons (Fsp3) is 0.258. The van der Waals surface area contributed by atoms with Crippen molar-refractivity contribution in [1.82, 2.24) is 19.2 Å². The Morgan fingerprint density at radius 2 is 1.82 bits per heavy atom. The number of ether oxygens (including phenoxy) is 1. The molecule has 0 bridgehead atoms. The molecule has 0 N–H and O–H groups in total. The van der Waals surface area contributed by atoms with Crippen LogP contribution in [0.25, 0.3) is 27.5 Å². The summed E-state index contributed by atoms with van der Waals surface area (Å²) in [5.41, 5.74) is 3.99. The van der Waals surface area contributed by atoms with E-state index in [1.165, 1.54) is 17.4 Å². The third kappa shape index (κ3) is 4.19. The van der Waals surface area contributed by atoms with Gasteiger partial charge in [-0.15, -0.1) is 0 Å². The molecule has 0 spiro atoms. The number of aromatic nitrogens is 3. The van der Waals surface area contributed by atoms with Crippen LogP contribution in [-0.2, 0) is 7.05 Å². The van der Waals surface area contributed by atoms with Gasteiger partial charge in [0.15, 0.2) is 5.69 Å². The smallest absolute Gasteiger partial charge is 0.296 e. The lowest BCUT2D eigenvalue weighted by molar-refractivity contribution is 0.0721. The van der Waals surface area contributed by atoms with Gasteiger partial charge in [0.1, 0.15) is 11.3 Å². The zero-order valence-corrected chi connectivity index (χ0v) is 23.6. The predicted molar refractivity (Wildman–Crippen MR) is 159 cm³/mol. The SMILES string of the molecule is COc1ccc(-n2nc(C(=O)N3CCN(c4cccc(C)c4)[C@@H](C)C3)c3c4ccccc4n(C)c3c2=O)cc1Cl. The van der Waals surface area contributed by atoms with Crippen LogP contribution in [0.2, 0.25) is 5.02 Å². The highest BCUT2D eigenvalue weighted by Crippen LogP contribution is 2.31. The Morgan fingerprint density at radius 1 is 1.02 bits per heavy atom. The van der Waals surface area contributed by atoms with Crippen molar-refractivity contribution < 1.29 is 9.53 Å². The Hall–Kier alpha value is -4.30. The molecule has 1 amide bonds. The number of nitrogens with zero attached hydrogens (tertiary/aromatic N) is 5. The van der Waals surface area contributed by atoms with Gasteiger partial charge in [0.2, 0.25) is 0 Å². The topological polar surface area (TPSA) is 72.6 Å². The average molecular weight is 556 g/mol. The number of piperazine rings is 1. The molecule has 0 saturated carbocycles. The third-order valence-corrected chi connectivity index (χ3v) is 8.06. The first-order valence-corrected chi connectivity index (χ1v) is 13.6. The number of aryl methyl sites for hydroxylation is 2. The van der Waals surface area contributed by atoms with E-state index in [0.29, 0.717) is 47.0 Å². The molecule has 0 aliphatic carbocycles. The fourth-order valence-corrected chi connectivity index (χ4v) is 6.02. The summed E-state index contributed by atoms with van der Waals surface area (Å²) in [6, 6.07) is 21.3. The molecule has 1 aliphatic heterocycles. The van der Waals surface area contributed by atoms with Gasteiger partial charge in [-0.05, 0) is 55.8 Å². The Kier molecular flexibility index (Phi) is 6.50. The summed E-state index contributed by atoms with van der Waals surface area (Å²) in [6.45, 7) is 5.98. The second kappa shape index (κ2) is 10.0. The van der Waals surface area contributed by atoms with E-state index in [1.54, 1.807) is 18.2 Å². The number of carbonyl (C=O) groups excluding carboxylic acids is 1. The van der Waals surface area contributed by atoms with E-state index >= 15 is 0 Å². The quantitative estimate of drug-likeness (QED) is 0.305. The molecule has 3 heterocycles. The Labute approximate surface area is 236 Å².